The molecule has 3 aliphatic heterocycles. The Hall–Kier alpha value is -1.40. The first-order valence-corrected chi connectivity index (χ1v) is 11.1. The first kappa shape index (κ1) is 21.3. The number of carbonyl (C=O) groups excluding carboxylic acids is 1. The van der Waals surface area contributed by atoms with Gasteiger partial charge >= 0.3 is 11.9 Å². The second kappa shape index (κ2) is 9.40. The van der Waals surface area contributed by atoms with Crippen LogP contribution in [0.3, 0.4) is 0 Å². The minimum atomic E-state index is -0.419. The highest BCUT2D eigenvalue weighted by Gasteiger charge is 2.55. The molecule has 4 atom stereocenters. The van der Waals surface area contributed by atoms with Crippen molar-refractivity contribution in [1.82, 2.24) is 5.32 Å². The van der Waals surface area contributed by atoms with Crippen LogP contribution in [0.4, 0.5) is 0 Å². The molecule has 0 saturated carbocycles. The molecule has 3 aliphatic rings. The van der Waals surface area contributed by atoms with Gasteiger partial charge in [0.15, 0.2) is 5.72 Å². The molecule has 0 aromatic heterocycles. The number of nitrogens with zero attached hydrogens (tertiary/aromatic N) is 1. The Morgan fingerprint density at radius 2 is 1.89 bits per heavy atom. The summed E-state index contributed by atoms with van der Waals surface area (Å²) in [6.07, 6.45) is 13.1. The van der Waals surface area contributed by atoms with E-state index in [0.29, 0.717) is 6.04 Å². The van der Waals surface area contributed by atoms with Crippen molar-refractivity contribution in [2.75, 3.05) is 14.2 Å². The average Bonchev–Trinajstić information content (AvgIpc) is 3.11. The van der Waals surface area contributed by atoms with Crippen LogP contribution >= 0.6 is 0 Å². The molecule has 0 aromatic rings. The zero-order valence-electron chi connectivity index (χ0n) is 18.1. The van der Waals surface area contributed by atoms with Gasteiger partial charge in [0.05, 0.1) is 19.6 Å². The van der Waals surface area contributed by atoms with E-state index < -0.39 is 5.72 Å². The van der Waals surface area contributed by atoms with Crippen LogP contribution in [0.25, 0.3) is 0 Å². The minimum absolute atomic E-state index is 0.158. The molecule has 0 amide bonds. The molecule has 158 valence electrons. The fraction of sp³-hybridized carbons (Fsp3) is 0.818. The molecule has 0 spiro atoms. The molecule has 1 unspecified atom stereocenters. The van der Waals surface area contributed by atoms with Gasteiger partial charge in [-0.2, -0.15) is 4.99 Å². The van der Waals surface area contributed by atoms with Crippen LogP contribution in [0.15, 0.2) is 16.3 Å². The first-order valence-electron chi connectivity index (χ1n) is 11.1. The summed E-state index contributed by atoms with van der Waals surface area (Å²) in [6, 6.07) is 0.605. The van der Waals surface area contributed by atoms with Crippen molar-refractivity contribution in [3.8, 4) is 0 Å². The Labute approximate surface area is 169 Å². The molecule has 6 heteroatoms. The molecule has 1 saturated heterocycles. The summed E-state index contributed by atoms with van der Waals surface area (Å²) in [4.78, 5) is 18.7. The van der Waals surface area contributed by atoms with E-state index in [2.05, 4.69) is 12.2 Å². The molecule has 6 nitrogen and oxygen atoms in total. The molecule has 28 heavy (non-hydrogen) atoms. The highest BCUT2D eigenvalue weighted by atomic mass is 16.5. The average molecular weight is 393 g/mol. The molecule has 1 fully saturated rings. The van der Waals surface area contributed by atoms with Crippen molar-refractivity contribution < 1.29 is 19.2 Å². The van der Waals surface area contributed by atoms with Crippen LogP contribution in [0, 0.1) is 0 Å². The number of nitrogens with one attached hydrogen (secondary N) is 2. The van der Waals surface area contributed by atoms with Crippen LogP contribution < -0.4 is 10.2 Å². The number of carbonyl (C=O) groups is 1. The predicted molar refractivity (Wildman–Crippen MR) is 110 cm³/mol. The van der Waals surface area contributed by atoms with Crippen molar-refractivity contribution in [2.45, 2.75) is 102 Å². The van der Waals surface area contributed by atoms with Gasteiger partial charge in [0.25, 0.3) is 0 Å². The molecule has 2 N–H and O–H groups in total. The third-order valence-electron chi connectivity index (χ3n) is 6.79. The van der Waals surface area contributed by atoms with E-state index in [1.165, 1.54) is 50.5 Å². The van der Waals surface area contributed by atoms with Crippen LogP contribution in [0.2, 0.25) is 0 Å². The lowest BCUT2D eigenvalue weighted by Crippen LogP contribution is -3.23. The summed E-state index contributed by atoms with van der Waals surface area (Å²) < 4.78 is 11.0. The van der Waals surface area contributed by atoms with Crippen molar-refractivity contribution in [3.63, 3.8) is 0 Å². The van der Waals surface area contributed by atoms with Gasteiger partial charge < -0.3 is 9.47 Å². The highest BCUT2D eigenvalue weighted by molar-refractivity contribution is 5.93. The van der Waals surface area contributed by atoms with Gasteiger partial charge in [-0.05, 0) is 19.8 Å². The molecule has 0 radical (unpaired) electrons. The van der Waals surface area contributed by atoms with Crippen molar-refractivity contribution in [3.05, 3.63) is 11.3 Å². The summed E-state index contributed by atoms with van der Waals surface area (Å²) >= 11 is 0. The quantitative estimate of drug-likeness (QED) is 0.443. The number of guanidine groups is 1. The zero-order chi connectivity index (χ0) is 20.1. The first-order chi connectivity index (χ1) is 13.5. The fourth-order valence-electron chi connectivity index (χ4n) is 5.29. The lowest BCUT2D eigenvalue weighted by atomic mass is 9.93. The Balaban J connectivity index is 1.68. The van der Waals surface area contributed by atoms with Gasteiger partial charge in [0, 0.05) is 25.6 Å². The van der Waals surface area contributed by atoms with Crippen LogP contribution in [0.5, 0.6) is 0 Å². The number of hydrogen-bond donors (Lipinski definition) is 2. The molecule has 3 heterocycles. The molecule has 3 rings (SSSR count). The molecular weight excluding hydrogens is 354 g/mol. The summed E-state index contributed by atoms with van der Waals surface area (Å²) in [7, 11) is 3.26. The maximum absolute atomic E-state index is 12.3. The van der Waals surface area contributed by atoms with Crippen LogP contribution in [-0.4, -0.2) is 44.0 Å². The summed E-state index contributed by atoms with van der Waals surface area (Å²) in [6.45, 7) is 4.21. The second-order valence-electron chi connectivity index (χ2n) is 8.62. The number of esters is 1. The van der Waals surface area contributed by atoms with Gasteiger partial charge in [-0.15, -0.1) is 0 Å². The number of aliphatic imine (C=N–C) groups is 1. The lowest BCUT2D eigenvalue weighted by Gasteiger charge is -2.41. The third-order valence-corrected chi connectivity index (χ3v) is 6.79. The van der Waals surface area contributed by atoms with E-state index in [4.69, 9.17) is 14.5 Å². The second-order valence-corrected chi connectivity index (χ2v) is 8.62. The minimum Gasteiger partial charge on any atom is -0.465 e. The molecule has 0 bridgehead atoms. The van der Waals surface area contributed by atoms with Gasteiger partial charge in [-0.1, -0.05) is 45.4 Å². The SMILES string of the molecule is CCCCCCCCC[C@@]1(OC)C[C@H]2CC[C@H]3C(C(=O)OC)=C(C)NC(=N1)[NH+]23. The van der Waals surface area contributed by atoms with Gasteiger partial charge in [-0.25, -0.2) is 4.79 Å². The lowest BCUT2D eigenvalue weighted by molar-refractivity contribution is -0.848. The maximum Gasteiger partial charge on any atom is 0.341 e. The maximum atomic E-state index is 12.3. The van der Waals surface area contributed by atoms with Gasteiger partial charge in [-0.3, -0.25) is 10.2 Å². The molecular formula is C22H38N3O3+. The number of rotatable bonds is 10. The van der Waals surface area contributed by atoms with Crippen LogP contribution in [-0.2, 0) is 14.3 Å². The van der Waals surface area contributed by atoms with Crippen molar-refractivity contribution in [1.29, 1.82) is 0 Å². The van der Waals surface area contributed by atoms with Gasteiger partial charge in [0.2, 0.25) is 0 Å². The Bertz CT molecular complexity index is 631. The van der Waals surface area contributed by atoms with Gasteiger partial charge in [0.1, 0.15) is 11.6 Å². The van der Waals surface area contributed by atoms with Crippen LogP contribution in [0.1, 0.15) is 84.5 Å². The summed E-state index contributed by atoms with van der Waals surface area (Å²) in [5.74, 6) is 0.738. The number of quaternary nitrogens is 1. The Morgan fingerprint density at radius 1 is 1.18 bits per heavy atom. The standard InChI is InChI=1S/C22H37N3O3/c1-5-6-7-8-9-10-11-14-22(28-4)15-17-12-13-18-19(20(26)27-3)16(2)23-21(24-22)25(17)18/h17-18H,5-15H2,1-4H3,(H,23,24)/p+1/t17-,18+,22-/m1/s1. The Morgan fingerprint density at radius 3 is 2.57 bits per heavy atom. The number of allylic oxidation sites excluding steroid dienone is 1. The van der Waals surface area contributed by atoms with E-state index >= 15 is 0 Å². The Kier molecular flexibility index (Phi) is 7.15. The normalized spacial score (nSPS) is 31.3. The molecule has 0 aliphatic carbocycles. The fourth-order valence-corrected chi connectivity index (χ4v) is 5.29. The van der Waals surface area contributed by atoms with E-state index in [0.717, 1.165) is 49.3 Å². The number of unbranched alkanes of at least 4 members (excludes halogenated alkanes) is 6. The number of methoxy groups -OCH3 is 2. The van der Waals surface area contributed by atoms with Crippen molar-refractivity contribution >= 4 is 11.9 Å². The van der Waals surface area contributed by atoms with E-state index in [1.807, 2.05) is 6.92 Å². The summed E-state index contributed by atoms with van der Waals surface area (Å²) in [5.41, 5.74) is 1.25. The van der Waals surface area contributed by atoms with E-state index in [9.17, 15) is 4.79 Å². The van der Waals surface area contributed by atoms with Crippen molar-refractivity contribution in [2.24, 2.45) is 4.99 Å². The van der Waals surface area contributed by atoms with E-state index in [1.54, 1.807) is 7.11 Å². The zero-order valence-corrected chi connectivity index (χ0v) is 18.1. The summed E-state index contributed by atoms with van der Waals surface area (Å²) in [5, 5.41) is 3.41. The smallest absolute Gasteiger partial charge is 0.341 e. The van der Waals surface area contributed by atoms with E-state index in [-0.39, 0.29) is 12.0 Å². The highest BCUT2D eigenvalue weighted by Crippen LogP contribution is 2.33. The molecule has 0 aromatic carbocycles. The number of hydrogen-bond acceptors (Lipinski definition) is 5. The third kappa shape index (κ3) is 4.28. The monoisotopic (exact) mass is 392 g/mol. The number of ether oxygens (including phenoxy) is 2. The largest absolute Gasteiger partial charge is 0.465 e. The predicted octanol–water partition coefficient (Wildman–Crippen LogP) is 2.70. The topological polar surface area (TPSA) is 64.4 Å².